The van der Waals surface area contributed by atoms with Gasteiger partial charge in [0.1, 0.15) is 5.75 Å². The number of carbonyl (C=O) groups excluding carboxylic acids is 1. The highest BCUT2D eigenvalue weighted by Crippen LogP contribution is 2.29. The van der Waals surface area contributed by atoms with Crippen molar-refractivity contribution < 1.29 is 32.6 Å². The molecule has 0 bridgehead atoms. The lowest BCUT2D eigenvalue weighted by atomic mass is 10.1. The predicted octanol–water partition coefficient (Wildman–Crippen LogP) is 6.29. The van der Waals surface area contributed by atoms with Gasteiger partial charge in [0.25, 0.3) is 0 Å². The summed E-state index contributed by atoms with van der Waals surface area (Å²) in [6.07, 6.45) is -1.19. The number of benzene rings is 3. The third-order valence-electron chi connectivity index (χ3n) is 5.67. The first-order valence-corrected chi connectivity index (χ1v) is 12.2. The third kappa shape index (κ3) is 8.70. The monoisotopic (exact) mass is 523 g/mol. The van der Waals surface area contributed by atoms with E-state index < -0.39 is 23.6 Å². The largest absolute Gasteiger partial charge is 0.494 e. The van der Waals surface area contributed by atoms with Crippen LogP contribution in [0.5, 0.6) is 5.75 Å². The molecule has 3 aromatic rings. The van der Waals surface area contributed by atoms with E-state index >= 15 is 0 Å². The second-order valence-corrected chi connectivity index (χ2v) is 8.69. The van der Waals surface area contributed by atoms with Gasteiger partial charge in [0.05, 0.1) is 12.2 Å². The summed E-state index contributed by atoms with van der Waals surface area (Å²) in [7, 11) is 0. The maximum atomic E-state index is 12.8. The number of amides is 1. The maximum Gasteiger partial charge on any atom is 0.416 e. The van der Waals surface area contributed by atoms with Crippen LogP contribution in [0.1, 0.15) is 54.0 Å². The average Bonchev–Trinajstić information content (AvgIpc) is 2.90. The van der Waals surface area contributed by atoms with Gasteiger partial charge in [-0.15, -0.1) is 0 Å². The fourth-order valence-corrected chi connectivity index (χ4v) is 3.59. The van der Waals surface area contributed by atoms with E-state index in [4.69, 9.17) is 4.74 Å². The minimum absolute atomic E-state index is 0.0282. The lowest BCUT2D eigenvalue weighted by molar-refractivity contribution is -0.156. The molecule has 198 valence electrons. The number of alkyl halides is 3. The lowest BCUT2D eigenvalue weighted by Gasteiger charge is -2.21. The van der Waals surface area contributed by atoms with E-state index in [0.29, 0.717) is 17.7 Å². The van der Waals surface area contributed by atoms with Gasteiger partial charge >= 0.3 is 18.1 Å². The van der Waals surface area contributed by atoms with Crippen LogP contribution < -0.4 is 4.74 Å². The van der Waals surface area contributed by atoms with Crippen molar-refractivity contribution in [3.8, 4) is 17.6 Å². The summed E-state index contributed by atoms with van der Waals surface area (Å²) in [6.45, 7) is 2.65. The second kappa shape index (κ2) is 13.3. The molecule has 0 aromatic heterocycles. The summed E-state index contributed by atoms with van der Waals surface area (Å²) >= 11 is 0. The molecular weight excluding hydrogens is 495 g/mol. The lowest BCUT2D eigenvalue weighted by Crippen LogP contribution is -2.35. The zero-order chi connectivity index (χ0) is 27.5. The number of hydrogen-bond donors (Lipinski definition) is 1. The SMILES string of the molecule is CCCCCOc1ccc(C#Cc2ccc(CN(Cc3ccc(C(F)(F)F)cc3)C(=O)C(=O)O)cc2)cc1. The molecule has 3 rings (SSSR count). The highest BCUT2D eigenvalue weighted by molar-refractivity contribution is 6.31. The van der Waals surface area contributed by atoms with E-state index in [-0.39, 0.29) is 13.1 Å². The van der Waals surface area contributed by atoms with Crippen LogP contribution in [0.2, 0.25) is 0 Å². The maximum absolute atomic E-state index is 12.8. The highest BCUT2D eigenvalue weighted by atomic mass is 19.4. The van der Waals surface area contributed by atoms with Crippen molar-refractivity contribution >= 4 is 11.9 Å². The van der Waals surface area contributed by atoms with Gasteiger partial charge in [0.15, 0.2) is 0 Å². The van der Waals surface area contributed by atoms with Crippen LogP contribution in [0, 0.1) is 11.8 Å². The minimum Gasteiger partial charge on any atom is -0.494 e. The zero-order valence-corrected chi connectivity index (χ0v) is 20.9. The molecule has 0 saturated carbocycles. The van der Waals surface area contributed by atoms with E-state index in [9.17, 15) is 27.9 Å². The molecule has 0 spiro atoms. The highest BCUT2D eigenvalue weighted by Gasteiger charge is 2.30. The third-order valence-corrected chi connectivity index (χ3v) is 5.67. The van der Waals surface area contributed by atoms with E-state index in [2.05, 4.69) is 18.8 Å². The van der Waals surface area contributed by atoms with Gasteiger partial charge in [0.2, 0.25) is 0 Å². The second-order valence-electron chi connectivity index (χ2n) is 8.69. The molecule has 0 aliphatic heterocycles. The fourth-order valence-electron chi connectivity index (χ4n) is 3.59. The van der Waals surface area contributed by atoms with Gasteiger partial charge in [-0.2, -0.15) is 13.2 Å². The van der Waals surface area contributed by atoms with Crippen LogP contribution in [0.4, 0.5) is 13.2 Å². The molecule has 0 unspecified atom stereocenters. The molecule has 0 radical (unpaired) electrons. The van der Waals surface area contributed by atoms with Gasteiger partial charge in [-0.1, -0.05) is 55.9 Å². The Bertz CT molecular complexity index is 1270. The van der Waals surface area contributed by atoms with E-state index in [1.54, 1.807) is 24.3 Å². The van der Waals surface area contributed by atoms with Crippen molar-refractivity contribution in [3.63, 3.8) is 0 Å². The van der Waals surface area contributed by atoms with Gasteiger partial charge in [0, 0.05) is 24.2 Å². The first-order valence-electron chi connectivity index (χ1n) is 12.2. The number of unbranched alkanes of at least 4 members (excludes halogenated alkanes) is 2. The van der Waals surface area contributed by atoms with Crippen LogP contribution in [0.25, 0.3) is 0 Å². The van der Waals surface area contributed by atoms with Crippen molar-refractivity contribution in [3.05, 3.63) is 101 Å². The molecular formula is C30H28F3NO4. The Morgan fingerprint density at radius 2 is 1.32 bits per heavy atom. The number of hydrogen-bond acceptors (Lipinski definition) is 3. The number of carboxylic acids is 1. The number of rotatable bonds is 9. The molecule has 0 heterocycles. The van der Waals surface area contributed by atoms with Gasteiger partial charge in [-0.3, -0.25) is 4.79 Å². The van der Waals surface area contributed by atoms with Crippen LogP contribution in [0.15, 0.2) is 72.8 Å². The number of halogens is 3. The van der Waals surface area contributed by atoms with Crippen molar-refractivity contribution in [2.75, 3.05) is 6.61 Å². The Kier molecular flexibility index (Phi) is 9.94. The topological polar surface area (TPSA) is 66.8 Å². The molecule has 1 amide bonds. The first-order chi connectivity index (χ1) is 18.2. The molecule has 5 nitrogen and oxygen atoms in total. The summed E-state index contributed by atoms with van der Waals surface area (Å²) in [6, 6.07) is 18.8. The predicted molar refractivity (Wildman–Crippen MR) is 137 cm³/mol. The van der Waals surface area contributed by atoms with Crippen molar-refractivity contribution in [2.45, 2.75) is 45.5 Å². The Morgan fingerprint density at radius 3 is 1.79 bits per heavy atom. The van der Waals surface area contributed by atoms with Crippen LogP contribution in [0.3, 0.4) is 0 Å². The van der Waals surface area contributed by atoms with Gasteiger partial charge < -0.3 is 14.7 Å². The van der Waals surface area contributed by atoms with Crippen LogP contribution in [-0.2, 0) is 28.9 Å². The average molecular weight is 524 g/mol. The van der Waals surface area contributed by atoms with Gasteiger partial charge in [-0.25, -0.2) is 4.79 Å². The van der Waals surface area contributed by atoms with Crippen LogP contribution >= 0.6 is 0 Å². The Morgan fingerprint density at radius 1 is 0.816 bits per heavy atom. The number of nitrogens with zero attached hydrogens (tertiary/aromatic N) is 1. The number of carbonyl (C=O) groups is 2. The standard InChI is InChI=1S/C30H28F3NO4/c1-2-3-4-19-38-27-17-13-23(14-18-27)6-5-22-7-9-24(10-8-22)20-34(28(35)29(36)37)21-25-11-15-26(16-12-25)30(31,32)33/h7-18H,2-4,19-21H2,1H3,(H,36,37). The van der Waals surface area contributed by atoms with E-state index in [1.165, 1.54) is 12.1 Å². The quantitative estimate of drug-likeness (QED) is 0.203. The van der Waals surface area contributed by atoms with Crippen molar-refractivity contribution in [2.24, 2.45) is 0 Å². The summed E-state index contributed by atoms with van der Waals surface area (Å²) in [5.74, 6) is 4.15. The molecule has 3 aromatic carbocycles. The summed E-state index contributed by atoms with van der Waals surface area (Å²) in [5.41, 5.74) is 1.77. The number of aliphatic carboxylic acids is 1. The van der Waals surface area contributed by atoms with Crippen molar-refractivity contribution in [1.29, 1.82) is 0 Å². The first kappa shape index (κ1) is 28.3. The Labute approximate surface area is 219 Å². The van der Waals surface area contributed by atoms with E-state index in [1.807, 2.05) is 24.3 Å². The molecule has 0 aliphatic carbocycles. The molecule has 1 N–H and O–H groups in total. The summed E-state index contributed by atoms with van der Waals surface area (Å²) < 4.78 is 44.1. The number of carboxylic acid groups (broad SMARTS) is 1. The minimum atomic E-state index is -4.48. The molecule has 38 heavy (non-hydrogen) atoms. The summed E-state index contributed by atoms with van der Waals surface area (Å²) in [4.78, 5) is 24.6. The van der Waals surface area contributed by atoms with E-state index in [0.717, 1.165) is 53.2 Å². The summed E-state index contributed by atoms with van der Waals surface area (Å²) in [5, 5.41) is 9.20. The molecule has 0 saturated heterocycles. The zero-order valence-electron chi connectivity index (χ0n) is 20.9. The normalized spacial score (nSPS) is 10.8. The molecule has 0 fully saturated rings. The smallest absolute Gasteiger partial charge is 0.416 e. The fraction of sp³-hybridized carbons (Fsp3) is 0.267. The van der Waals surface area contributed by atoms with Gasteiger partial charge in [-0.05, 0) is 66.1 Å². The Balaban J connectivity index is 1.64. The van der Waals surface area contributed by atoms with Crippen LogP contribution in [-0.4, -0.2) is 28.5 Å². The molecule has 8 heteroatoms. The van der Waals surface area contributed by atoms with Crippen molar-refractivity contribution in [1.82, 2.24) is 4.90 Å². The molecule has 0 aliphatic rings. The molecule has 0 atom stereocenters. The Hall–Kier alpha value is -4.25. The number of ether oxygens (including phenoxy) is 1.